The number of rotatable bonds is 5. The largest absolute Gasteiger partial charge is 0.340 e. The number of anilines is 4. The molecule has 0 atom stereocenters. The monoisotopic (exact) mass is 419 g/mol. The Bertz CT molecular complexity index is 1160. The van der Waals surface area contributed by atoms with Gasteiger partial charge in [0.25, 0.3) is 0 Å². The van der Waals surface area contributed by atoms with Crippen molar-refractivity contribution in [3.63, 3.8) is 0 Å². The summed E-state index contributed by atoms with van der Waals surface area (Å²) in [5.41, 5.74) is 2.95. The van der Waals surface area contributed by atoms with Crippen molar-refractivity contribution in [1.82, 2.24) is 19.5 Å². The van der Waals surface area contributed by atoms with Crippen LogP contribution >= 0.6 is 11.6 Å². The van der Waals surface area contributed by atoms with Crippen molar-refractivity contribution in [3.05, 3.63) is 84.2 Å². The number of benzene rings is 2. The third kappa shape index (κ3) is 4.56. The highest BCUT2D eigenvalue weighted by atomic mass is 35.5. The van der Waals surface area contributed by atoms with Gasteiger partial charge in [0.15, 0.2) is 0 Å². The van der Waals surface area contributed by atoms with Crippen molar-refractivity contribution in [1.29, 1.82) is 0 Å². The van der Waals surface area contributed by atoms with Crippen molar-refractivity contribution >= 4 is 40.5 Å². The molecule has 0 saturated heterocycles. The van der Waals surface area contributed by atoms with Gasteiger partial charge in [-0.1, -0.05) is 17.7 Å². The number of urea groups is 1. The Labute approximate surface area is 178 Å². The van der Waals surface area contributed by atoms with Gasteiger partial charge in [-0.2, -0.15) is 0 Å². The second kappa shape index (κ2) is 8.62. The minimum Gasteiger partial charge on any atom is -0.340 e. The van der Waals surface area contributed by atoms with Crippen molar-refractivity contribution in [2.45, 2.75) is 6.92 Å². The highest BCUT2D eigenvalue weighted by Gasteiger charge is 2.07. The molecule has 2 aromatic heterocycles. The fraction of sp³-hybridized carbons (Fsp3) is 0.0476. The predicted octanol–water partition coefficient (Wildman–Crippen LogP) is 5.01. The molecule has 0 radical (unpaired) electrons. The van der Waals surface area contributed by atoms with Crippen LogP contribution in [0.1, 0.15) is 5.56 Å². The zero-order chi connectivity index (χ0) is 20.9. The Morgan fingerprint density at radius 1 is 1.03 bits per heavy atom. The van der Waals surface area contributed by atoms with Crippen LogP contribution in [0, 0.1) is 6.92 Å². The number of amides is 2. The molecule has 0 unspecified atom stereocenters. The van der Waals surface area contributed by atoms with Crippen LogP contribution < -0.4 is 16.0 Å². The molecule has 3 N–H and O–H groups in total. The first-order valence-corrected chi connectivity index (χ1v) is 9.47. The third-order valence-corrected chi connectivity index (χ3v) is 4.76. The van der Waals surface area contributed by atoms with E-state index in [1.807, 2.05) is 31.3 Å². The number of carbonyl (C=O) groups is 1. The van der Waals surface area contributed by atoms with Gasteiger partial charge in [-0.3, -0.25) is 4.57 Å². The average Bonchev–Trinajstić information content (AvgIpc) is 3.28. The quantitative estimate of drug-likeness (QED) is 0.422. The summed E-state index contributed by atoms with van der Waals surface area (Å²) in [5.74, 6) is 1.35. The molecule has 4 rings (SSSR count). The van der Waals surface area contributed by atoms with E-state index >= 15 is 0 Å². The number of aromatic nitrogens is 4. The fourth-order valence-corrected chi connectivity index (χ4v) is 2.94. The van der Waals surface area contributed by atoms with Gasteiger partial charge in [-0.15, -0.1) is 0 Å². The lowest BCUT2D eigenvalue weighted by molar-refractivity contribution is 0.262. The molecule has 0 spiro atoms. The Kier molecular flexibility index (Phi) is 5.58. The lowest BCUT2D eigenvalue weighted by atomic mass is 10.2. The summed E-state index contributed by atoms with van der Waals surface area (Å²) < 4.78 is 1.79. The Hall–Kier alpha value is -3.91. The van der Waals surface area contributed by atoms with Crippen LogP contribution in [0.25, 0.3) is 5.82 Å². The van der Waals surface area contributed by atoms with Crippen molar-refractivity contribution in [2.75, 3.05) is 16.0 Å². The second-order valence-corrected chi connectivity index (χ2v) is 6.83. The molecule has 0 aliphatic carbocycles. The van der Waals surface area contributed by atoms with Gasteiger partial charge in [0.05, 0.1) is 0 Å². The minimum atomic E-state index is -0.346. The van der Waals surface area contributed by atoms with Gasteiger partial charge in [-0.25, -0.2) is 19.7 Å². The molecule has 0 aliphatic rings. The summed E-state index contributed by atoms with van der Waals surface area (Å²) in [7, 11) is 0. The molecule has 8 nitrogen and oxygen atoms in total. The summed E-state index contributed by atoms with van der Waals surface area (Å²) in [5, 5.41) is 9.41. The maximum absolute atomic E-state index is 12.3. The average molecular weight is 420 g/mol. The number of hydrogen-bond donors (Lipinski definition) is 3. The summed E-state index contributed by atoms with van der Waals surface area (Å²) in [6.45, 7) is 1.85. The summed E-state index contributed by atoms with van der Waals surface area (Å²) in [4.78, 5) is 24.7. The van der Waals surface area contributed by atoms with Gasteiger partial charge in [-0.05, 0) is 48.9 Å². The lowest BCUT2D eigenvalue weighted by Crippen LogP contribution is -2.19. The smallest absolute Gasteiger partial charge is 0.323 e. The number of hydrogen-bond acceptors (Lipinski definition) is 5. The molecule has 0 fully saturated rings. The van der Waals surface area contributed by atoms with E-state index in [4.69, 9.17) is 11.6 Å². The first-order chi connectivity index (χ1) is 14.6. The molecule has 30 heavy (non-hydrogen) atoms. The van der Waals surface area contributed by atoms with Crippen LogP contribution in [0.4, 0.5) is 27.7 Å². The van der Waals surface area contributed by atoms with E-state index in [1.54, 1.807) is 47.4 Å². The molecule has 2 aromatic carbocycles. The Balaban J connectivity index is 1.39. The van der Waals surface area contributed by atoms with Crippen LogP contribution in [0.5, 0.6) is 0 Å². The van der Waals surface area contributed by atoms with E-state index in [0.717, 1.165) is 11.3 Å². The Morgan fingerprint density at radius 3 is 2.60 bits per heavy atom. The van der Waals surface area contributed by atoms with Crippen LogP contribution in [-0.4, -0.2) is 25.6 Å². The number of halogens is 1. The van der Waals surface area contributed by atoms with E-state index < -0.39 is 0 Å². The molecule has 150 valence electrons. The molecule has 4 aromatic rings. The van der Waals surface area contributed by atoms with E-state index in [-0.39, 0.29) is 6.03 Å². The summed E-state index contributed by atoms with van der Waals surface area (Å²) in [6, 6.07) is 14.1. The van der Waals surface area contributed by atoms with Crippen LogP contribution in [0.3, 0.4) is 0 Å². The van der Waals surface area contributed by atoms with E-state index in [0.29, 0.717) is 28.0 Å². The maximum atomic E-state index is 12.3. The first kappa shape index (κ1) is 19.4. The molecule has 2 heterocycles. The van der Waals surface area contributed by atoms with Gasteiger partial charge in [0.2, 0.25) is 0 Å². The maximum Gasteiger partial charge on any atom is 0.323 e. The number of nitrogens with zero attached hydrogens (tertiary/aromatic N) is 4. The van der Waals surface area contributed by atoms with Crippen LogP contribution in [-0.2, 0) is 0 Å². The zero-order valence-corrected chi connectivity index (χ0v) is 16.8. The van der Waals surface area contributed by atoms with Gasteiger partial charge >= 0.3 is 6.03 Å². The Morgan fingerprint density at radius 2 is 1.83 bits per heavy atom. The van der Waals surface area contributed by atoms with Gasteiger partial charge < -0.3 is 16.0 Å². The summed E-state index contributed by atoms with van der Waals surface area (Å²) >= 11 is 6.09. The number of imidazole rings is 1. The van der Waals surface area contributed by atoms with Crippen molar-refractivity contribution in [3.8, 4) is 5.82 Å². The van der Waals surface area contributed by atoms with E-state index in [9.17, 15) is 4.79 Å². The molecule has 0 bridgehead atoms. The minimum absolute atomic E-state index is 0.346. The molecular formula is C21H18ClN7O. The summed E-state index contributed by atoms with van der Waals surface area (Å²) in [6.07, 6.45) is 6.64. The van der Waals surface area contributed by atoms with E-state index in [1.165, 1.54) is 6.33 Å². The number of nitrogens with one attached hydrogen (secondary N) is 3. The van der Waals surface area contributed by atoms with E-state index in [2.05, 4.69) is 30.9 Å². The molecule has 0 saturated carbocycles. The standard InChI is InChI=1S/C21H18ClN7O/c1-14-17(22)3-2-4-18(14)28-21(30)27-16-7-5-15(6-8-16)26-19-11-20(25-12-24-19)29-10-9-23-13-29/h2-13H,1H3,(H,24,25,26)(H2,27,28,30). The third-order valence-electron chi connectivity index (χ3n) is 4.35. The fourth-order valence-electron chi connectivity index (χ4n) is 2.76. The van der Waals surface area contributed by atoms with Gasteiger partial charge in [0.1, 0.15) is 24.3 Å². The lowest BCUT2D eigenvalue weighted by Gasteiger charge is -2.11. The van der Waals surface area contributed by atoms with Crippen LogP contribution in [0.2, 0.25) is 5.02 Å². The highest BCUT2D eigenvalue weighted by Crippen LogP contribution is 2.23. The number of carbonyl (C=O) groups excluding carboxylic acids is 1. The van der Waals surface area contributed by atoms with Gasteiger partial charge in [0, 0.05) is 40.5 Å². The zero-order valence-electron chi connectivity index (χ0n) is 16.0. The predicted molar refractivity (Wildman–Crippen MR) is 118 cm³/mol. The molecular weight excluding hydrogens is 402 g/mol. The molecule has 9 heteroatoms. The highest BCUT2D eigenvalue weighted by molar-refractivity contribution is 6.31. The molecule has 0 aliphatic heterocycles. The first-order valence-electron chi connectivity index (χ1n) is 9.09. The van der Waals surface area contributed by atoms with Crippen LogP contribution in [0.15, 0.2) is 73.6 Å². The van der Waals surface area contributed by atoms with Crippen molar-refractivity contribution < 1.29 is 4.79 Å². The van der Waals surface area contributed by atoms with Crippen molar-refractivity contribution in [2.24, 2.45) is 0 Å². The normalized spacial score (nSPS) is 10.5. The SMILES string of the molecule is Cc1c(Cl)cccc1NC(=O)Nc1ccc(Nc2cc(-n3ccnc3)ncn2)cc1. The topological polar surface area (TPSA) is 96.8 Å². The molecule has 2 amide bonds. The second-order valence-electron chi connectivity index (χ2n) is 6.43.